The van der Waals surface area contributed by atoms with E-state index >= 15 is 0 Å². The third-order valence-corrected chi connectivity index (χ3v) is 2.77. The van der Waals surface area contributed by atoms with Gasteiger partial charge in [-0.05, 0) is 31.5 Å². The normalized spacial score (nSPS) is 13.7. The molecule has 0 radical (unpaired) electrons. The van der Waals surface area contributed by atoms with Gasteiger partial charge in [-0.15, -0.1) is 0 Å². The molecule has 0 heterocycles. The molecule has 0 aliphatic rings. The van der Waals surface area contributed by atoms with Gasteiger partial charge in [0.15, 0.2) is 6.29 Å². The minimum atomic E-state index is -4.74. The van der Waals surface area contributed by atoms with Gasteiger partial charge in [0.2, 0.25) is 0 Å². The zero-order valence-corrected chi connectivity index (χ0v) is 11.7. The SMILES string of the molecule is CCOC(OCC)C(NN)c1ccc(C(F)(F)F)c(F)c1. The van der Waals surface area contributed by atoms with E-state index in [4.69, 9.17) is 15.3 Å². The van der Waals surface area contributed by atoms with Crippen LogP contribution in [0.4, 0.5) is 17.6 Å². The molecule has 0 amide bonds. The predicted molar refractivity (Wildman–Crippen MR) is 68.5 cm³/mol. The average molecular weight is 310 g/mol. The quantitative estimate of drug-likeness (QED) is 0.352. The molecule has 3 N–H and O–H groups in total. The van der Waals surface area contributed by atoms with Crippen LogP contribution >= 0.6 is 0 Å². The molecule has 0 bridgehead atoms. The van der Waals surface area contributed by atoms with Gasteiger partial charge in [-0.25, -0.2) is 9.82 Å². The number of rotatable bonds is 7. The summed E-state index contributed by atoms with van der Waals surface area (Å²) >= 11 is 0. The van der Waals surface area contributed by atoms with Gasteiger partial charge >= 0.3 is 6.18 Å². The Balaban J connectivity index is 3.08. The molecule has 1 aromatic carbocycles. The highest BCUT2D eigenvalue weighted by molar-refractivity contribution is 5.28. The van der Waals surface area contributed by atoms with Crippen LogP contribution in [-0.4, -0.2) is 19.5 Å². The summed E-state index contributed by atoms with van der Waals surface area (Å²) in [6.45, 7) is 4.08. The fourth-order valence-electron chi connectivity index (χ4n) is 1.86. The lowest BCUT2D eigenvalue weighted by Gasteiger charge is -2.26. The van der Waals surface area contributed by atoms with Crippen LogP contribution in [0.2, 0.25) is 0 Å². The van der Waals surface area contributed by atoms with Gasteiger partial charge in [0.25, 0.3) is 0 Å². The molecule has 0 aliphatic heterocycles. The molecule has 1 rings (SSSR count). The monoisotopic (exact) mass is 310 g/mol. The number of hydrogen-bond acceptors (Lipinski definition) is 4. The van der Waals surface area contributed by atoms with Crippen LogP contribution in [0, 0.1) is 5.82 Å². The van der Waals surface area contributed by atoms with E-state index in [1.165, 1.54) is 0 Å². The molecule has 1 aromatic rings. The Hall–Kier alpha value is -1.22. The van der Waals surface area contributed by atoms with Crippen molar-refractivity contribution in [1.82, 2.24) is 5.43 Å². The molecule has 1 atom stereocenters. The van der Waals surface area contributed by atoms with Crippen LogP contribution in [0.3, 0.4) is 0 Å². The summed E-state index contributed by atoms with van der Waals surface area (Å²) < 4.78 is 61.8. The van der Waals surface area contributed by atoms with E-state index in [9.17, 15) is 17.6 Å². The van der Waals surface area contributed by atoms with E-state index in [0.29, 0.717) is 19.3 Å². The van der Waals surface area contributed by atoms with Crippen LogP contribution in [0.25, 0.3) is 0 Å². The lowest BCUT2D eigenvalue weighted by molar-refractivity contribution is -0.155. The summed E-state index contributed by atoms with van der Waals surface area (Å²) in [5, 5.41) is 0. The maximum absolute atomic E-state index is 13.6. The Morgan fingerprint density at radius 2 is 1.76 bits per heavy atom. The Morgan fingerprint density at radius 3 is 2.14 bits per heavy atom. The van der Waals surface area contributed by atoms with E-state index in [0.717, 1.165) is 12.1 Å². The molecule has 8 heteroatoms. The Morgan fingerprint density at radius 1 is 1.19 bits per heavy atom. The van der Waals surface area contributed by atoms with Crippen molar-refractivity contribution >= 4 is 0 Å². The zero-order chi connectivity index (χ0) is 16.0. The van der Waals surface area contributed by atoms with E-state index in [-0.39, 0.29) is 5.56 Å². The number of nitrogens with two attached hydrogens (primary N) is 1. The van der Waals surface area contributed by atoms with E-state index in [1.54, 1.807) is 13.8 Å². The van der Waals surface area contributed by atoms with Crippen molar-refractivity contribution in [1.29, 1.82) is 0 Å². The van der Waals surface area contributed by atoms with Gasteiger partial charge in [0.1, 0.15) is 5.82 Å². The molecule has 0 spiro atoms. The number of hydrazine groups is 1. The zero-order valence-electron chi connectivity index (χ0n) is 11.7. The highest BCUT2D eigenvalue weighted by Gasteiger charge is 2.35. The highest BCUT2D eigenvalue weighted by Crippen LogP contribution is 2.33. The molecule has 4 nitrogen and oxygen atoms in total. The molecular weight excluding hydrogens is 292 g/mol. The topological polar surface area (TPSA) is 56.5 Å². The largest absolute Gasteiger partial charge is 0.419 e. The first kappa shape index (κ1) is 17.8. The molecule has 0 saturated heterocycles. The second-order valence-electron chi connectivity index (χ2n) is 4.16. The van der Waals surface area contributed by atoms with Gasteiger partial charge in [0, 0.05) is 13.2 Å². The number of halogens is 4. The van der Waals surface area contributed by atoms with Crippen molar-refractivity contribution in [3.8, 4) is 0 Å². The van der Waals surface area contributed by atoms with E-state index in [1.807, 2.05) is 0 Å². The lowest BCUT2D eigenvalue weighted by atomic mass is 10.0. The minimum Gasteiger partial charge on any atom is -0.351 e. The Labute approximate surface area is 120 Å². The van der Waals surface area contributed by atoms with Crippen LogP contribution in [0.5, 0.6) is 0 Å². The number of hydrogen-bond donors (Lipinski definition) is 2. The molecule has 0 aliphatic carbocycles. The number of alkyl halides is 3. The second kappa shape index (κ2) is 7.69. The Kier molecular flexibility index (Phi) is 6.53. The smallest absolute Gasteiger partial charge is 0.351 e. The lowest BCUT2D eigenvalue weighted by Crippen LogP contribution is -2.39. The molecule has 120 valence electrons. The first-order valence-corrected chi connectivity index (χ1v) is 6.41. The van der Waals surface area contributed by atoms with Gasteiger partial charge in [-0.3, -0.25) is 5.84 Å². The first-order chi connectivity index (χ1) is 9.85. The van der Waals surface area contributed by atoms with Crippen molar-refractivity contribution in [3.63, 3.8) is 0 Å². The summed E-state index contributed by atoms with van der Waals surface area (Å²) in [7, 11) is 0. The maximum Gasteiger partial charge on any atom is 0.419 e. The van der Waals surface area contributed by atoms with Crippen molar-refractivity contribution in [2.45, 2.75) is 32.4 Å². The van der Waals surface area contributed by atoms with Crippen molar-refractivity contribution in [2.75, 3.05) is 13.2 Å². The van der Waals surface area contributed by atoms with Gasteiger partial charge in [-0.2, -0.15) is 13.2 Å². The molecule has 21 heavy (non-hydrogen) atoms. The number of benzene rings is 1. The van der Waals surface area contributed by atoms with E-state index in [2.05, 4.69) is 5.43 Å². The summed E-state index contributed by atoms with van der Waals surface area (Å²) in [5.74, 6) is 4.02. The van der Waals surface area contributed by atoms with Crippen LogP contribution in [0.1, 0.15) is 31.0 Å². The van der Waals surface area contributed by atoms with E-state index < -0.39 is 29.9 Å². The van der Waals surface area contributed by atoms with Gasteiger partial charge in [0.05, 0.1) is 11.6 Å². The Bertz CT molecular complexity index is 448. The maximum atomic E-state index is 13.6. The summed E-state index contributed by atoms with van der Waals surface area (Å²) in [6.07, 6.45) is -5.57. The fourth-order valence-corrected chi connectivity index (χ4v) is 1.86. The molecule has 0 fully saturated rings. The summed E-state index contributed by atoms with van der Waals surface area (Å²) in [5.41, 5.74) is 1.25. The van der Waals surface area contributed by atoms with Gasteiger partial charge in [-0.1, -0.05) is 6.07 Å². The molecule has 0 saturated carbocycles. The average Bonchev–Trinajstić information content (AvgIpc) is 2.38. The standard InChI is InChI=1S/C13H18F4N2O2/c1-3-20-12(21-4-2)11(19-18)8-5-6-9(10(14)7-8)13(15,16)17/h5-7,11-12,19H,3-4,18H2,1-2H3. The van der Waals surface area contributed by atoms with Gasteiger partial charge < -0.3 is 9.47 Å². The van der Waals surface area contributed by atoms with Crippen LogP contribution < -0.4 is 11.3 Å². The summed E-state index contributed by atoms with van der Waals surface area (Å²) in [6, 6.07) is 1.80. The third-order valence-electron chi connectivity index (χ3n) is 2.77. The molecule has 1 unspecified atom stereocenters. The van der Waals surface area contributed by atoms with Crippen LogP contribution in [-0.2, 0) is 15.7 Å². The molecular formula is C13H18F4N2O2. The number of ether oxygens (including phenoxy) is 2. The van der Waals surface area contributed by atoms with Crippen molar-refractivity contribution in [2.24, 2.45) is 5.84 Å². The minimum absolute atomic E-state index is 0.204. The highest BCUT2D eigenvalue weighted by atomic mass is 19.4. The van der Waals surface area contributed by atoms with Crippen molar-refractivity contribution < 1.29 is 27.0 Å². The summed E-state index contributed by atoms with van der Waals surface area (Å²) in [4.78, 5) is 0. The number of nitrogens with one attached hydrogen (secondary N) is 1. The second-order valence-corrected chi connectivity index (χ2v) is 4.16. The third kappa shape index (κ3) is 4.63. The fraction of sp³-hybridized carbons (Fsp3) is 0.538. The molecule has 0 aromatic heterocycles. The predicted octanol–water partition coefficient (Wildman–Crippen LogP) is 2.75. The van der Waals surface area contributed by atoms with Crippen LogP contribution in [0.15, 0.2) is 18.2 Å². The van der Waals surface area contributed by atoms with Crippen molar-refractivity contribution in [3.05, 3.63) is 35.1 Å². The first-order valence-electron chi connectivity index (χ1n) is 6.41.